The molecule has 5 aromatic rings. The summed E-state index contributed by atoms with van der Waals surface area (Å²) in [5.41, 5.74) is 16.8. The molecule has 0 fully saturated rings. The number of nitrogens with two attached hydrogens (primary N) is 2. The van der Waals surface area contributed by atoms with Gasteiger partial charge in [-0.2, -0.15) is 13.5 Å². The summed E-state index contributed by atoms with van der Waals surface area (Å²) in [4.78, 5) is -0.244. The van der Waals surface area contributed by atoms with Crippen molar-refractivity contribution in [3.63, 3.8) is 0 Å². The van der Waals surface area contributed by atoms with Crippen LogP contribution in [0.3, 0.4) is 0 Å². The second kappa shape index (κ2) is 15.7. The third-order valence-electron chi connectivity index (χ3n) is 6.28. The normalized spacial score (nSPS) is 11.5. The van der Waals surface area contributed by atoms with Crippen LogP contribution in [-0.2, 0) is 27.3 Å². The van der Waals surface area contributed by atoms with Crippen LogP contribution in [-0.4, -0.2) is 42.7 Å². The third-order valence-corrected chi connectivity index (χ3v) is 8.00. The molecule has 0 radical (unpaired) electrons. The van der Waals surface area contributed by atoms with Crippen LogP contribution in [0.5, 0.6) is 0 Å². The zero-order valence-corrected chi connectivity index (χ0v) is 26.9. The second-order valence-corrected chi connectivity index (χ2v) is 12.7. The van der Waals surface area contributed by atoms with Gasteiger partial charge < -0.3 is 16.0 Å². The topological polar surface area (TPSA) is 197 Å². The van der Waals surface area contributed by atoms with Gasteiger partial charge in [-0.3, -0.25) is 4.55 Å². The van der Waals surface area contributed by atoms with Crippen molar-refractivity contribution in [1.29, 1.82) is 0 Å². The van der Waals surface area contributed by atoms with E-state index >= 15 is 0 Å². The summed E-state index contributed by atoms with van der Waals surface area (Å²) in [6.45, 7) is 3.66. The monoisotopic (exact) mass is 662 g/mol. The Morgan fingerprint density at radius 2 is 1.41 bits per heavy atom. The highest BCUT2D eigenvalue weighted by Crippen LogP contribution is 2.20. The van der Waals surface area contributed by atoms with E-state index in [4.69, 9.17) is 16.0 Å². The molecule has 0 saturated heterocycles. The number of aryl methyl sites for hydroxylation is 3. The van der Waals surface area contributed by atoms with Gasteiger partial charge >= 0.3 is 0 Å². The number of hydrogen-bond donors (Lipinski definition) is 3. The van der Waals surface area contributed by atoms with E-state index in [1.165, 1.54) is 30.5 Å². The molecule has 0 aliphatic carbocycles. The Morgan fingerprint density at radius 1 is 0.848 bits per heavy atom. The Balaban J connectivity index is 0.000000217. The molecule has 0 amide bonds. The molecule has 46 heavy (non-hydrogen) atoms. The maximum Gasteiger partial charge on any atom is 0.294 e. The number of hydrogen-bond acceptors (Lipinski definition) is 7. The minimum Gasteiger partial charge on any atom is -0.744 e. The van der Waals surface area contributed by atoms with E-state index in [0.29, 0.717) is 0 Å². The summed E-state index contributed by atoms with van der Waals surface area (Å²) in [7, 11) is -6.22. The van der Waals surface area contributed by atoms with Crippen LogP contribution in [0.1, 0.15) is 16.7 Å². The second-order valence-electron chi connectivity index (χ2n) is 9.87. The van der Waals surface area contributed by atoms with Gasteiger partial charge in [0.15, 0.2) is 5.69 Å². The predicted octanol–water partition coefficient (Wildman–Crippen LogP) is 3.84. The van der Waals surface area contributed by atoms with Gasteiger partial charge in [-0.05, 0) is 68.0 Å². The molecule has 0 saturated carbocycles. The molecule has 5 N–H and O–H groups in total. The fourth-order valence-electron chi connectivity index (χ4n) is 3.92. The van der Waals surface area contributed by atoms with Crippen molar-refractivity contribution >= 4 is 44.1 Å². The number of benzene rings is 3. The number of guanidine groups is 1. The number of imidazole rings is 1. The molecule has 240 valence electrons. The van der Waals surface area contributed by atoms with Gasteiger partial charge in [0.05, 0.1) is 23.0 Å². The average molecular weight is 663 g/mol. The standard InChI is InChI=1S/C18H19N6.2C7H8O3S/c1-23-16(13-24-12-3-2-6-17(23)24)15-9-7-14(8-10-15)5-4-11-21-22-18(19)20;2*1-6-2-4-7(5-3-6)11(8,9)10/h2-13H,1H3,(H4,19,20,22);2*2-5H,1H3,(H,8,9,10)/q+1;;/p-1/b5-4+,21-11+;;. The van der Waals surface area contributed by atoms with Crippen LogP contribution in [0, 0.1) is 13.8 Å². The maximum absolute atomic E-state index is 10.5. The van der Waals surface area contributed by atoms with Gasteiger partial charge in [0.1, 0.15) is 16.3 Å². The van der Waals surface area contributed by atoms with E-state index in [2.05, 4.69) is 62.7 Å². The van der Waals surface area contributed by atoms with Crippen molar-refractivity contribution in [3.05, 3.63) is 126 Å². The van der Waals surface area contributed by atoms with Crippen LogP contribution in [0.4, 0.5) is 0 Å². The van der Waals surface area contributed by atoms with Crippen LogP contribution in [0.2, 0.25) is 0 Å². The van der Waals surface area contributed by atoms with E-state index in [1.807, 2.05) is 38.3 Å². The highest BCUT2D eigenvalue weighted by atomic mass is 32.2. The van der Waals surface area contributed by atoms with Gasteiger partial charge in [0.2, 0.25) is 5.96 Å². The first-order valence-electron chi connectivity index (χ1n) is 13.6. The van der Waals surface area contributed by atoms with Crippen LogP contribution in [0.25, 0.3) is 23.0 Å². The first-order valence-corrected chi connectivity index (χ1v) is 16.4. The molecule has 0 spiro atoms. The van der Waals surface area contributed by atoms with Gasteiger partial charge in [-0.25, -0.2) is 17.4 Å². The molecule has 0 bridgehead atoms. The fourth-order valence-corrected chi connectivity index (χ4v) is 4.87. The summed E-state index contributed by atoms with van der Waals surface area (Å²) in [6, 6.07) is 26.2. The molecular weight excluding hydrogens is 629 g/mol. The summed E-state index contributed by atoms with van der Waals surface area (Å²) < 4.78 is 65.0. The van der Waals surface area contributed by atoms with Crippen molar-refractivity contribution in [1.82, 2.24) is 4.57 Å². The molecule has 0 unspecified atom stereocenters. The quantitative estimate of drug-likeness (QED) is 0.0801. The van der Waals surface area contributed by atoms with Crippen LogP contribution < -0.4 is 15.9 Å². The lowest BCUT2D eigenvalue weighted by Crippen LogP contribution is -2.21. The zero-order chi connectivity index (χ0) is 33.9. The number of fused-ring (bicyclic) bond motifs is 1. The molecule has 0 atom stereocenters. The summed E-state index contributed by atoms with van der Waals surface area (Å²) >= 11 is 0. The summed E-state index contributed by atoms with van der Waals surface area (Å²) in [6.07, 6.45) is 9.43. The van der Waals surface area contributed by atoms with E-state index in [9.17, 15) is 21.4 Å². The lowest BCUT2D eigenvalue weighted by molar-refractivity contribution is -0.510. The SMILES string of the molecule is Cc1ccc(S(=O)(=O)O)cc1.Cc1ccc(S(=O)(=O)[O-])cc1.Cn1c(-c2ccc(/C=C/C=N/N=C(N)N)cc2)c[n+]2ccccc12. The van der Waals surface area contributed by atoms with Crippen LogP contribution in [0.15, 0.2) is 129 Å². The van der Waals surface area contributed by atoms with Gasteiger partial charge in [0.25, 0.3) is 15.8 Å². The van der Waals surface area contributed by atoms with E-state index in [1.54, 1.807) is 30.3 Å². The number of nitrogens with zero attached hydrogens (tertiary/aromatic N) is 4. The molecule has 2 heterocycles. The van der Waals surface area contributed by atoms with Crippen molar-refractivity contribution in [2.24, 2.45) is 28.7 Å². The van der Waals surface area contributed by atoms with Crippen LogP contribution >= 0.6 is 0 Å². The molecular formula is C32H34N6O6S2. The Labute approximate surface area is 268 Å². The molecule has 2 aromatic heterocycles. The van der Waals surface area contributed by atoms with Crippen molar-refractivity contribution in [2.45, 2.75) is 23.6 Å². The fraction of sp³-hybridized carbons (Fsp3) is 0.0938. The number of pyridine rings is 1. The largest absolute Gasteiger partial charge is 0.744 e. The number of aromatic nitrogens is 2. The summed E-state index contributed by atoms with van der Waals surface area (Å²) in [5.74, 6) is -0.0585. The number of rotatable bonds is 6. The smallest absolute Gasteiger partial charge is 0.294 e. The van der Waals surface area contributed by atoms with Gasteiger partial charge in [0, 0.05) is 17.8 Å². The lowest BCUT2D eigenvalue weighted by atomic mass is 10.1. The minimum absolute atomic E-state index is 0.0585. The van der Waals surface area contributed by atoms with Crippen molar-refractivity contribution < 1.29 is 30.3 Å². The van der Waals surface area contributed by atoms with E-state index in [-0.39, 0.29) is 15.8 Å². The van der Waals surface area contributed by atoms with E-state index < -0.39 is 20.2 Å². The lowest BCUT2D eigenvalue weighted by Gasteiger charge is -2.05. The first-order chi connectivity index (χ1) is 21.6. The van der Waals surface area contributed by atoms with Crippen molar-refractivity contribution in [2.75, 3.05) is 0 Å². The Bertz CT molecular complexity index is 1990. The predicted molar refractivity (Wildman–Crippen MR) is 177 cm³/mol. The highest BCUT2D eigenvalue weighted by Gasteiger charge is 2.14. The average Bonchev–Trinajstić information content (AvgIpc) is 3.33. The Morgan fingerprint density at radius 3 is 1.91 bits per heavy atom. The number of allylic oxidation sites excluding steroid dienone is 1. The first kappa shape index (κ1) is 35.3. The molecule has 0 aliphatic rings. The van der Waals surface area contributed by atoms with Crippen molar-refractivity contribution in [3.8, 4) is 11.3 Å². The maximum atomic E-state index is 10.5. The molecule has 12 nitrogen and oxygen atoms in total. The molecule has 3 aromatic carbocycles. The molecule has 0 aliphatic heterocycles. The molecule has 5 rings (SSSR count). The third kappa shape index (κ3) is 10.8. The highest BCUT2D eigenvalue weighted by molar-refractivity contribution is 7.86. The van der Waals surface area contributed by atoms with Gasteiger partial charge in [-0.1, -0.05) is 59.7 Å². The van der Waals surface area contributed by atoms with E-state index in [0.717, 1.165) is 33.6 Å². The Kier molecular flexibility index (Phi) is 12.1. The zero-order valence-electron chi connectivity index (χ0n) is 25.3. The van der Waals surface area contributed by atoms with Gasteiger partial charge in [-0.15, -0.1) is 5.10 Å². The molecule has 14 heteroatoms. The summed E-state index contributed by atoms with van der Waals surface area (Å²) in [5, 5.41) is 7.23. The Hall–Kier alpha value is -5.15. The minimum atomic E-state index is -4.27.